The zero-order valence-corrected chi connectivity index (χ0v) is 14.9. The van der Waals surface area contributed by atoms with Crippen molar-refractivity contribution in [2.45, 2.75) is 31.1 Å². The zero-order valence-electron chi connectivity index (χ0n) is 14.1. The molecule has 0 aromatic carbocycles. The van der Waals surface area contributed by atoms with Gasteiger partial charge in [-0.2, -0.15) is 13.2 Å². The van der Waals surface area contributed by atoms with Gasteiger partial charge < -0.3 is 10.2 Å². The number of aromatic nitrogens is 1. The van der Waals surface area contributed by atoms with Gasteiger partial charge in [-0.1, -0.05) is 0 Å². The summed E-state index contributed by atoms with van der Waals surface area (Å²) in [5, 5.41) is 2.99. The van der Waals surface area contributed by atoms with Crippen LogP contribution in [-0.2, 0) is 6.18 Å². The summed E-state index contributed by atoms with van der Waals surface area (Å²) >= 11 is 0.478. The zero-order chi connectivity index (χ0) is 19.2. The number of carbonyl (C=O) groups is 2. The Bertz CT molecular complexity index is 868. The predicted octanol–water partition coefficient (Wildman–Crippen LogP) is 3.19. The van der Waals surface area contributed by atoms with Gasteiger partial charge in [0.15, 0.2) is 0 Å². The van der Waals surface area contributed by atoms with Crippen LogP contribution in [0.3, 0.4) is 0 Å². The minimum Gasteiger partial charge on any atom is -0.349 e. The van der Waals surface area contributed by atoms with Crippen LogP contribution in [0.2, 0.25) is 0 Å². The van der Waals surface area contributed by atoms with Crippen molar-refractivity contribution in [1.82, 2.24) is 15.2 Å². The molecule has 1 saturated heterocycles. The van der Waals surface area contributed by atoms with E-state index < -0.39 is 11.1 Å². The average molecular weight is 395 g/mol. The summed E-state index contributed by atoms with van der Waals surface area (Å²) in [6, 6.07) is 5.46. The van der Waals surface area contributed by atoms with Crippen molar-refractivity contribution < 1.29 is 22.8 Å². The first-order valence-corrected chi connectivity index (χ1v) is 9.33. The van der Waals surface area contributed by atoms with Crippen LogP contribution in [0.15, 0.2) is 36.7 Å². The maximum atomic E-state index is 12.7. The lowest BCUT2D eigenvalue weighted by molar-refractivity contribution is -0.134. The van der Waals surface area contributed by atoms with Crippen molar-refractivity contribution in [2.24, 2.45) is 5.92 Å². The lowest BCUT2D eigenvalue weighted by atomic mass is 10.0. The van der Waals surface area contributed by atoms with Crippen molar-refractivity contribution >= 4 is 23.2 Å². The standard InChI is InChI=1S/C18H16F3N3O2S/c19-18(20,21)15-4-3-14(27-15)17(26)24-9-11-6-12(24)7-13(11)23-16(25)10-2-1-5-22-8-10/h1-5,8,11-13H,6-7,9H2,(H,23,25). The first-order valence-electron chi connectivity index (χ1n) is 8.52. The molecule has 9 heteroatoms. The average Bonchev–Trinajstić information content (AvgIpc) is 3.36. The van der Waals surface area contributed by atoms with Gasteiger partial charge in [0.1, 0.15) is 4.88 Å². The number of thiophene rings is 1. The van der Waals surface area contributed by atoms with Gasteiger partial charge in [0.2, 0.25) is 0 Å². The Morgan fingerprint density at radius 2 is 2.04 bits per heavy atom. The molecular weight excluding hydrogens is 379 g/mol. The Morgan fingerprint density at radius 3 is 2.63 bits per heavy atom. The number of pyridine rings is 1. The molecule has 0 spiro atoms. The van der Waals surface area contributed by atoms with Crippen LogP contribution >= 0.6 is 11.3 Å². The highest BCUT2D eigenvalue weighted by Gasteiger charge is 2.47. The van der Waals surface area contributed by atoms with E-state index in [1.54, 1.807) is 23.2 Å². The Morgan fingerprint density at radius 1 is 1.22 bits per heavy atom. The second-order valence-corrected chi connectivity index (χ2v) is 7.91. The highest BCUT2D eigenvalue weighted by Crippen LogP contribution is 2.40. The van der Waals surface area contributed by atoms with Crippen LogP contribution < -0.4 is 5.32 Å². The Balaban J connectivity index is 1.39. The van der Waals surface area contributed by atoms with Crippen LogP contribution in [0.25, 0.3) is 0 Å². The first kappa shape index (κ1) is 18.0. The van der Waals surface area contributed by atoms with Gasteiger partial charge in [0.05, 0.1) is 10.4 Å². The van der Waals surface area contributed by atoms with Gasteiger partial charge in [-0.3, -0.25) is 14.6 Å². The second-order valence-electron chi connectivity index (χ2n) is 6.83. The molecule has 3 unspecified atom stereocenters. The maximum absolute atomic E-state index is 12.7. The minimum atomic E-state index is -4.44. The summed E-state index contributed by atoms with van der Waals surface area (Å²) in [7, 11) is 0. The number of alkyl halides is 3. The topological polar surface area (TPSA) is 62.3 Å². The molecule has 2 amide bonds. The molecule has 0 radical (unpaired) electrons. The third-order valence-electron chi connectivity index (χ3n) is 5.14. The fourth-order valence-electron chi connectivity index (χ4n) is 3.87. The summed E-state index contributed by atoms with van der Waals surface area (Å²) < 4.78 is 38.2. The molecule has 142 valence electrons. The first-order chi connectivity index (χ1) is 12.8. The van der Waals surface area contributed by atoms with E-state index >= 15 is 0 Å². The molecule has 27 heavy (non-hydrogen) atoms. The molecule has 1 N–H and O–H groups in total. The quantitative estimate of drug-likeness (QED) is 0.868. The number of nitrogens with one attached hydrogen (secondary N) is 1. The van der Waals surface area contributed by atoms with Crippen molar-refractivity contribution in [3.63, 3.8) is 0 Å². The molecule has 2 bridgehead atoms. The van der Waals surface area contributed by atoms with Crippen LogP contribution in [0, 0.1) is 5.92 Å². The van der Waals surface area contributed by atoms with Crippen molar-refractivity contribution in [3.8, 4) is 0 Å². The molecule has 1 saturated carbocycles. The van der Waals surface area contributed by atoms with E-state index in [0.29, 0.717) is 29.9 Å². The Kier molecular flexibility index (Phi) is 4.41. The smallest absolute Gasteiger partial charge is 0.349 e. The van der Waals surface area contributed by atoms with E-state index in [1.807, 2.05) is 0 Å². The maximum Gasteiger partial charge on any atom is 0.425 e. The number of fused-ring (bicyclic) bond motifs is 2. The molecule has 1 aliphatic heterocycles. The molecule has 2 aromatic heterocycles. The molecule has 3 atom stereocenters. The lowest BCUT2D eigenvalue weighted by Gasteiger charge is -2.31. The highest BCUT2D eigenvalue weighted by atomic mass is 32.1. The number of carbonyl (C=O) groups excluding carboxylic acids is 2. The minimum absolute atomic E-state index is 0.0409. The van der Waals surface area contributed by atoms with Gasteiger partial charge >= 0.3 is 6.18 Å². The highest BCUT2D eigenvalue weighted by molar-refractivity contribution is 7.14. The fraction of sp³-hybridized carbons (Fsp3) is 0.389. The summed E-state index contributed by atoms with van der Waals surface area (Å²) in [6.07, 6.45) is 0.00992. The van der Waals surface area contributed by atoms with E-state index in [0.717, 1.165) is 12.5 Å². The number of amides is 2. The molecule has 3 heterocycles. The number of hydrogen-bond acceptors (Lipinski definition) is 4. The number of nitrogens with zero attached hydrogens (tertiary/aromatic N) is 2. The Hall–Kier alpha value is -2.42. The van der Waals surface area contributed by atoms with E-state index in [2.05, 4.69) is 10.3 Å². The molecule has 1 aliphatic carbocycles. The van der Waals surface area contributed by atoms with Crippen molar-refractivity contribution in [3.05, 3.63) is 52.0 Å². The van der Waals surface area contributed by atoms with Gasteiger partial charge in [0.25, 0.3) is 11.8 Å². The number of likely N-dealkylation sites (tertiary alicyclic amines) is 1. The summed E-state index contributed by atoms with van der Waals surface area (Å²) in [5.74, 6) is -0.451. The van der Waals surface area contributed by atoms with E-state index in [9.17, 15) is 22.8 Å². The molecule has 2 fully saturated rings. The van der Waals surface area contributed by atoms with Gasteiger partial charge in [-0.05, 0) is 43.0 Å². The van der Waals surface area contributed by atoms with Gasteiger partial charge in [0, 0.05) is 31.0 Å². The van der Waals surface area contributed by atoms with Crippen LogP contribution in [0.5, 0.6) is 0 Å². The van der Waals surface area contributed by atoms with Crippen LogP contribution in [0.4, 0.5) is 13.2 Å². The van der Waals surface area contributed by atoms with Crippen LogP contribution in [-0.4, -0.2) is 40.3 Å². The molecular formula is C18H16F3N3O2S. The number of piperidine rings is 1. The largest absolute Gasteiger partial charge is 0.425 e. The number of halogens is 3. The predicted molar refractivity (Wildman–Crippen MR) is 92.4 cm³/mol. The third-order valence-corrected chi connectivity index (χ3v) is 6.26. The monoisotopic (exact) mass is 395 g/mol. The normalized spacial score (nSPS) is 24.3. The third kappa shape index (κ3) is 3.43. The summed E-state index contributed by atoms with van der Waals surface area (Å²) in [5.41, 5.74) is 0.478. The van der Waals surface area contributed by atoms with Gasteiger partial charge in [-0.25, -0.2) is 0 Å². The van der Waals surface area contributed by atoms with E-state index in [-0.39, 0.29) is 34.7 Å². The summed E-state index contributed by atoms with van der Waals surface area (Å²) in [4.78, 5) is 29.8. The van der Waals surface area contributed by atoms with Crippen molar-refractivity contribution in [2.75, 3.05) is 6.54 Å². The molecule has 4 rings (SSSR count). The van der Waals surface area contributed by atoms with Crippen molar-refractivity contribution in [1.29, 1.82) is 0 Å². The number of hydrogen-bond donors (Lipinski definition) is 1. The fourth-order valence-corrected chi connectivity index (χ4v) is 4.70. The van der Waals surface area contributed by atoms with Gasteiger partial charge in [-0.15, -0.1) is 11.3 Å². The SMILES string of the molecule is O=C(NC1CC2CC1CN2C(=O)c1ccc(C(F)(F)F)s1)c1cccnc1. The molecule has 2 aromatic rings. The lowest BCUT2D eigenvalue weighted by Crippen LogP contribution is -2.47. The molecule has 2 aliphatic rings. The second kappa shape index (κ2) is 6.63. The Labute approximate surface area is 157 Å². The van der Waals surface area contributed by atoms with E-state index in [1.165, 1.54) is 12.3 Å². The number of rotatable bonds is 3. The molecule has 5 nitrogen and oxygen atoms in total. The van der Waals surface area contributed by atoms with E-state index in [4.69, 9.17) is 0 Å². The van der Waals surface area contributed by atoms with Crippen LogP contribution in [0.1, 0.15) is 37.7 Å². The summed E-state index contributed by atoms with van der Waals surface area (Å²) in [6.45, 7) is 0.445.